The Morgan fingerprint density at radius 1 is 0.720 bits per heavy atom. The summed E-state index contributed by atoms with van der Waals surface area (Å²) in [6.07, 6.45) is 23.6. The Labute approximate surface area is 727 Å². The molecule has 118 heavy (non-hydrogen) atoms. The number of aliphatic hydroxyl groups excluding tert-OH is 3. The second kappa shape index (κ2) is 61.5. The average molecular weight is 1710 g/mol. The van der Waals surface area contributed by atoms with E-state index in [2.05, 4.69) is 224 Å². The van der Waals surface area contributed by atoms with Gasteiger partial charge in [-0.1, -0.05) is 177 Å². The van der Waals surface area contributed by atoms with Crippen LogP contribution in [0.3, 0.4) is 0 Å². The van der Waals surface area contributed by atoms with E-state index in [1.165, 1.54) is 94.5 Å². The summed E-state index contributed by atoms with van der Waals surface area (Å²) in [4.78, 5) is 38.8. The van der Waals surface area contributed by atoms with Crippen LogP contribution in [0.4, 0.5) is 0 Å². The van der Waals surface area contributed by atoms with Crippen molar-refractivity contribution in [2.24, 2.45) is 128 Å². The van der Waals surface area contributed by atoms with E-state index in [1.807, 2.05) is 37.0 Å². The molecule has 24 nitrogen and oxygen atoms in total. The number of aliphatic imine (C=N–C) groups is 1. The van der Waals surface area contributed by atoms with Gasteiger partial charge in [0.25, 0.3) is 10.2 Å². The van der Waals surface area contributed by atoms with Crippen molar-refractivity contribution in [1.29, 1.82) is 10.8 Å². The molecule has 8 aliphatic heterocycles. The first-order chi connectivity index (χ1) is 54.8. The van der Waals surface area contributed by atoms with Crippen LogP contribution in [0.1, 0.15) is 261 Å². The number of aliphatic hydroxyl groups is 3. The molecule has 0 bridgehead atoms. The molecule has 5 fully saturated rings. The van der Waals surface area contributed by atoms with Crippen LogP contribution in [0.2, 0.25) is 0 Å². The van der Waals surface area contributed by atoms with Crippen LogP contribution in [0.15, 0.2) is 35.8 Å². The molecular weight excluding hydrogens is 1520 g/mol. The Balaban J connectivity index is 0.00000130. The summed E-state index contributed by atoms with van der Waals surface area (Å²) in [5.74, 6) is 15.8. The standard InChI is InChI=1S/C16H30O4.C12H24N2O.C9H16N2S.C9H14N2.C9H15N2.C9H20N2.C8H19N3O2S.C7H16N2.C7H15N.C5H13N.CH3/c1-12(2)7-5-8-13(18)9-6-10-14(19)15(20)16(3,4)11-17;1-8(2)10-5-11(14-7-10)12(15)9-3-4-13-6-9;1-7(2)8-5-11(6-8)9-10-3-4-12-9;1-7(2)8-5-9-10-3-4-11(9)6-8;1-8(2)9-6-10-4-3-5-11(10)7-9;1-7(2)9-4-5-11(6-9)8(3)10;1-6(2)7-3-8(10-4-7)5-11-14(9,12)13;1-6(2)5-7(8)9(3)4;1-7(2)5-3-4-6-8;1-5(2)3-4-6;/h12,15,17,20H,5-11H2,1-4H3;8-15H,3-7H2,1-2H3;7-8H,3-6H2,1-2H3;3-4,7-8H,5-6H2,1-2H3;3-5,8-9H,6-7H2,1-2H3;7-9H,4-6,10H2,1-3H3;6-8,10-11H,3-5H2,1-2H3,(H2,9,12,13);6,8H,5H2,1-4H3;6-8H,3-5H2,1-2H3;5H,3-4,6H2,1-2H3;1H3/q;;;;+1;;;;;;-1/t15-;9-,10+,11+,12-;;8-;;8?,9-;7-,8-;;;;/m11.1.00..../s1. The van der Waals surface area contributed by atoms with E-state index < -0.39 is 21.7 Å². The average Bonchev–Trinajstić information content (AvgIpc) is 1.54. The molecular formula is C92H185N17O7S2. The number of nitrogens with zero attached hydrogens (tertiary/aromatic N) is 8. The normalized spacial score (nSPS) is 22.0. The third-order valence-corrected chi connectivity index (χ3v) is 25.8. The fraction of sp³-hybridized carbons (Fsp3) is 0.870. The van der Waals surface area contributed by atoms with Gasteiger partial charge in [0.2, 0.25) is 0 Å². The van der Waals surface area contributed by atoms with Gasteiger partial charge in [0.1, 0.15) is 17.7 Å². The van der Waals surface area contributed by atoms with Crippen molar-refractivity contribution < 1.29 is 38.0 Å². The van der Waals surface area contributed by atoms with Gasteiger partial charge in [-0.05, 0) is 192 Å². The van der Waals surface area contributed by atoms with Gasteiger partial charge in [-0.2, -0.15) is 13.1 Å². The number of ketones is 2. The lowest BCUT2D eigenvalue weighted by Gasteiger charge is -2.42. The maximum Gasteiger partial charge on any atom is 0.274 e. The van der Waals surface area contributed by atoms with Crippen LogP contribution in [-0.2, 0) is 45.9 Å². The Morgan fingerprint density at radius 3 is 1.73 bits per heavy atom. The molecule has 0 saturated carbocycles. The molecule has 8 aliphatic rings. The third kappa shape index (κ3) is 49.1. The van der Waals surface area contributed by atoms with E-state index in [9.17, 15) is 28.2 Å². The van der Waals surface area contributed by atoms with Gasteiger partial charge in [-0.3, -0.25) is 24.9 Å². The molecule has 0 radical (unpaired) electrons. The van der Waals surface area contributed by atoms with E-state index in [0.29, 0.717) is 67.3 Å². The molecule has 2 aromatic rings. The van der Waals surface area contributed by atoms with Gasteiger partial charge < -0.3 is 69.9 Å². The van der Waals surface area contributed by atoms with Crippen molar-refractivity contribution in [3.63, 3.8) is 0 Å². The van der Waals surface area contributed by atoms with E-state index in [-0.39, 0.29) is 50.3 Å². The number of amidine groups is 2. The van der Waals surface area contributed by atoms with Crippen LogP contribution in [0, 0.1) is 124 Å². The summed E-state index contributed by atoms with van der Waals surface area (Å²) in [5, 5.41) is 59.5. The minimum absolute atomic E-state index is 0. The number of hydrogen-bond acceptors (Lipinski definition) is 19. The zero-order valence-corrected chi connectivity index (χ0v) is 81.5. The quantitative estimate of drug-likeness (QED) is 0.0110. The van der Waals surface area contributed by atoms with E-state index in [1.54, 1.807) is 13.8 Å². The number of rotatable bonds is 31. The SMILES string of the molecule is CC(C)C1CN(C2=NCCS2)C1.CC(C)C1Cn2ccc[n+]2C1.CC(C)CC(=N)N(C)C.CC(C)CCCC(=O)CCCC(=O)[C@@H](O)C(C)(C)CO.CC(C)CCCC=N.CC(C)CCN.CC(C)[C@@H]1CN[C@H](CNS(N)(=O)=O)C1.CC(C)[C@@H]1CN[C@H]([C@H](O)[C@@H]2CCNC2)C1.CC(C)[C@@H]1Cc2nccn2C1.CC(C)[C@H]1CCN(C(C)N)C1.[CH3-]. The van der Waals surface area contributed by atoms with Crippen molar-refractivity contribution >= 4 is 50.8 Å². The minimum atomic E-state index is -3.54. The van der Waals surface area contributed by atoms with Gasteiger partial charge in [0, 0.05) is 139 Å². The predicted molar refractivity (Wildman–Crippen MR) is 500 cm³/mol. The summed E-state index contributed by atoms with van der Waals surface area (Å²) < 4.78 is 30.5. The molecule has 0 aromatic carbocycles. The Hall–Kier alpha value is -3.77. The lowest BCUT2D eigenvalue weighted by molar-refractivity contribution is -0.760. The molecule has 10 heterocycles. The lowest BCUT2D eigenvalue weighted by Crippen LogP contribution is -2.50. The maximum absolute atomic E-state index is 11.8. The van der Waals surface area contributed by atoms with Crippen molar-refractivity contribution in [3.8, 4) is 0 Å². The van der Waals surface area contributed by atoms with Crippen LogP contribution >= 0.6 is 11.8 Å². The molecule has 0 spiro atoms. The highest BCUT2D eigenvalue weighted by Gasteiger charge is 2.38. The van der Waals surface area contributed by atoms with Gasteiger partial charge in [-0.15, -0.1) is 4.68 Å². The van der Waals surface area contributed by atoms with E-state index in [4.69, 9.17) is 32.5 Å². The summed E-state index contributed by atoms with van der Waals surface area (Å²) >= 11 is 1.92. The molecule has 0 amide bonds. The van der Waals surface area contributed by atoms with Gasteiger partial charge >= 0.3 is 0 Å². The second-order valence-electron chi connectivity index (χ2n) is 39.3. The Bertz CT molecular complexity index is 2960. The molecule has 5 saturated heterocycles. The zero-order valence-electron chi connectivity index (χ0n) is 79.9. The predicted octanol–water partition coefficient (Wildman–Crippen LogP) is 13.7. The highest BCUT2D eigenvalue weighted by molar-refractivity contribution is 8.14. The minimum Gasteiger partial charge on any atom is -0.396 e. The topological polar surface area (TPSA) is 352 Å². The number of Topliss-reactive ketones (excluding diaryl/α,β-unsaturated/α-hetero) is 2. The molecule has 2 aromatic heterocycles. The van der Waals surface area contributed by atoms with Crippen LogP contribution in [0.5, 0.6) is 0 Å². The zero-order chi connectivity index (χ0) is 88.9. The smallest absolute Gasteiger partial charge is 0.274 e. The van der Waals surface area contributed by atoms with Crippen LogP contribution in [-0.4, -0.2) is 210 Å². The number of carbonyl (C=O) groups excluding carboxylic acids is 2. The molecule has 15 N–H and O–H groups in total. The number of likely N-dealkylation sites (tertiary alicyclic amines) is 2. The first kappa shape index (κ1) is 114. The molecule has 1 unspecified atom stereocenters. The third-order valence-electron chi connectivity index (χ3n) is 24.2. The first-order valence-corrected chi connectivity index (χ1v) is 48.2. The number of fused-ring (bicyclic) bond motifs is 2. The van der Waals surface area contributed by atoms with Crippen molar-refractivity contribution in [2.45, 2.75) is 312 Å². The molecule has 692 valence electrons. The van der Waals surface area contributed by atoms with Gasteiger partial charge in [-0.25, -0.2) is 14.8 Å². The Kier molecular flexibility index (Phi) is 59.6. The number of imidazole rings is 1. The number of carbonyl (C=O) groups is 2. The summed E-state index contributed by atoms with van der Waals surface area (Å²) in [6.45, 7) is 64.5. The fourth-order valence-electron chi connectivity index (χ4n) is 14.8. The molecule has 10 atom stereocenters. The van der Waals surface area contributed by atoms with E-state index >= 15 is 0 Å². The number of thioether (sulfide) groups is 1. The fourth-order valence-corrected chi connectivity index (χ4v) is 16.1. The largest absolute Gasteiger partial charge is 0.396 e. The number of nitrogens with one attached hydrogen (secondary N) is 6. The lowest BCUT2D eigenvalue weighted by atomic mass is 9.84. The van der Waals surface area contributed by atoms with Crippen molar-refractivity contribution in [1.82, 2.24) is 49.6 Å². The second-order valence-corrected chi connectivity index (χ2v) is 41.7. The van der Waals surface area contributed by atoms with Crippen molar-refractivity contribution in [2.75, 3.05) is 98.4 Å². The van der Waals surface area contributed by atoms with Crippen molar-refractivity contribution in [3.05, 3.63) is 44.1 Å². The Morgan fingerprint density at radius 2 is 1.30 bits per heavy atom. The van der Waals surface area contributed by atoms with Crippen LogP contribution in [0.25, 0.3) is 0 Å². The van der Waals surface area contributed by atoms with Crippen LogP contribution < -0.4 is 42.0 Å². The highest BCUT2D eigenvalue weighted by atomic mass is 32.2. The molecule has 10 rings (SSSR count). The van der Waals surface area contributed by atoms with Gasteiger partial charge in [0.15, 0.2) is 23.7 Å². The summed E-state index contributed by atoms with van der Waals surface area (Å²) in [7, 11) is 0.276. The number of aromatic nitrogens is 4. The first-order valence-electron chi connectivity index (χ1n) is 45.6. The maximum atomic E-state index is 11.8. The van der Waals surface area contributed by atoms with Gasteiger partial charge in [0.05, 0.1) is 44.0 Å². The monoisotopic (exact) mass is 1700 g/mol. The summed E-state index contributed by atoms with van der Waals surface area (Å²) in [6, 6.07) is 2.67. The number of unbranched alkanes of at least 4 members (excludes halogenated alkanes) is 1. The molecule has 0 aliphatic carbocycles. The number of nitrogens with two attached hydrogens (primary N) is 3. The highest BCUT2D eigenvalue weighted by Crippen LogP contribution is 2.31. The number of hydrogen-bond donors (Lipinski definition) is 12. The molecule has 26 heteroatoms. The summed E-state index contributed by atoms with van der Waals surface area (Å²) in [5.41, 5.74) is 10.2. The van der Waals surface area contributed by atoms with E-state index in [0.717, 1.165) is 162 Å².